The zero-order valence-electron chi connectivity index (χ0n) is 10.6. The van der Waals surface area contributed by atoms with Crippen LogP contribution >= 0.6 is 0 Å². The first kappa shape index (κ1) is 13.5. The van der Waals surface area contributed by atoms with Crippen LogP contribution in [-0.4, -0.2) is 0 Å². The highest BCUT2D eigenvalue weighted by Crippen LogP contribution is 2.21. The monoisotopic (exact) mass is 194 g/mol. The molecule has 0 saturated heterocycles. The van der Waals surface area contributed by atoms with Gasteiger partial charge in [0.05, 0.1) is 0 Å². The van der Waals surface area contributed by atoms with Crippen molar-refractivity contribution >= 4 is 0 Å². The minimum atomic E-state index is 0.702. The predicted molar refractivity (Wildman–Crippen MR) is 66.5 cm³/mol. The molecule has 0 saturated carbocycles. The fraction of sp³-hybridized carbons (Fsp3) is 0.714. The van der Waals surface area contributed by atoms with Gasteiger partial charge in [0.15, 0.2) is 0 Å². The van der Waals surface area contributed by atoms with Gasteiger partial charge in [0.25, 0.3) is 0 Å². The smallest absolute Gasteiger partial charge is 0.0260 e. The summed E-state index contributed by atoms with van der Waals surface area (Å²) in [6.07, 6.45) is 10.1. The zero-order valence-corrected chi connectivity index (χ0v) is 10.6. The molecule has 0 unspecified atom stereocenters. The molecule has 0 aromatic rings. The van der Waals surface area contributed by atoms with Crippen LogP contribution in [0.25, 0.3) is 0 Å². The Labute approximate surface area is 90.1 Å². The lowest BCUT2D eigenvalue weighted by Crippen LogP contribution is -1.93. The molecule has 0 atom stereocenters. The van der Waals surface area contributed by atoms with Crippen molar-refractivity contribution in [1.29, 1.82) is 0 Å². The molecule has 1 aliphatic carbocycles. The first-order valence-corrected chi connectivity index (χ1v) is 6.07. The van der Waals surface area contributed by atoms with Crippen LogP contribution in [0.4, 0.5) is 0 Å². The van der Waals surface area contributed by atoms with E-state index in [9.17, 15) is 0 Å². The van der Waals surface area contributed by atoms with E-state index in [1.54, 1.807) is 5.57 Å². The summed E-state index contributed by atoms with van der Waals surface area (Å²) in [5.41, 5.74) is 3.08. The Kier molecular flexibility index (Phi) is 7.55. The Hall–Kier alpha value is -0.520. The van der Waals surface area contributed by atoms with E-state index in [0.717, 1.165) is 0 Å². The van der Waals surface area contributed by atoms with Gasteiger partial charge >= 0.3 is 0 Å². The normalized spacial score (nSPS) is 17.3. The van der Waals surface area contributed by atoms with E-state index in [1.807, 2.05) is 13.8 Å². The van der Waals surface area contributed by atoms with Gasteiger partial charge in [-0.1, -0.05) is 51.0 Å². The van der Waals surface area contributed by atoms with Crippen LogP contribution in [0.2, 0.25) is 0 Å². The maximum absolute atomic E-state index is 2.40. The molecule has 1 rings (SSSR count). The molecule has 0 aliphatic heterocycles. The summed E-state index contributed by atoms with van der Waals surface area (Å²) in [7, 11) is 0. The zero-order chi connectivity index (χ0) is 11.0. The molecule has 0 radical (unpaired) electrons. The molecular formula is C14H26. The van der Waals surface area contributed by atoms with Gasteiger partial charge in [0.1, 0.15) is 0 Å². The molecule has 0 spiro atoms. The van der Waals surface area contributed by atoms with Crippen LogP contribution in [0.15, 0.2) is 23.3 Å². The van der Waals surface area contributed by atoms with Crippen molar-refractivity contribution < 1.29 is 0 Å². The quantitative estimate of drug-likeness (QED) is 0.572. The first-order chi connectivity index (χ1) is 6.70. The van der Waals surface area contributed by atoms with Crippen molar-refractivity contribution in [2.24, 2.45) is 5.92 Å². The third-order valence-electron chi connectivity index (χ3n) is 2.65. The number of allylic oxidation sites excluding steroid dienone is 4. The number of hydrogen-bond acceptors (Lipinski definition) is 0. The molecule has 82 valence electrons. The second-order valence-electron chi connectivity index (χ2n) is 4.07. The van der Waals surface area contributed by atoms with Gasteiger partial charge in [-0.3, -0.25) is 0 Å². The Balaban J connectivity index is 0.000000791. The highest BCUT2D eigenvalue weighted by molar-refractivity contribution is 5.24. The topological polar surface area (TPSA) is 0 Å². The lowest BCUT2D eigenvalue weighted by Gasteiger charge is -2.11. The van der Waals surface area contributed by atoms with E-state index in [1.165, 1.54) is 31.3 Å². The van der Waals surface area contributed by atoms with E-state index < -0.39 is 0 Å². The van der Waals surface area contributed by atoms with E-state index in [-0.39, 0.29) is 0 Å². The fourth-order valence-corrected chi connectivity index (χ4v) is 1.45. The Morgan fingerprint density at radius 2 is 1.93 bits per heavy atom. The molecule has 0 heterocycles. The van der Waals surface area contributed by atoms with Crippen LogP contribution in [-0.2, 0) is 0 Å². The highest BCUT2D eigenvalue weighted by atomic mass is 14.1. The summed E-state index contributed by atoms with van der Waals surface area (Å²) < 4.78 is 0. The van der Waals surface area contributed by atoms with Crippen LogP contribution < -0.4 is 0 Å². The second kappa shape index (κ2) is 7.84. The lowest BCUT2D eigenvalue weighted by atomic mass is 9.95. The molecule has 0 N–H and O–H groups in total. The van der Waals surface area contributed by atoms with Crippen molar-refractivity contribution in [1.82, 2.24) is 0 Å². The van der Waals surface area contributed by atoms with Gasteiger partial charge in [-0.2, -0.15) is 0 Å². The standard InChI is InChI=1S/C12H20.C2H6/c1-10(2)11(3)9-12-7-5-4-6-8-12;1-2/h7,9-10H,4-6,8H2,1-3H3;1-2H3/b11-9-;. The summed E-state index contributed by atoms with van der Waals surface area (Å²) in [4.78, 5) is 0. The summed E-state index contributed by atoms with van der Waals surface area (Å²) in [5.74, 6) is 0.702. The van der Waals surface area contributed by atoms with Crippen molar-refractivity contribution in [2.45, 2.75) is 60.3 Å². The van der Waals surface area contributed by atoms with Gasteiger partial charge in [-0.25, -0.2) is 0 Å². The van der Waals surface area contributed by atoms with Crippen LogP contribution in [0, 0.1) is 5.92 Å². The van der Waals surface area contributed by atoms with Gasteiger partial charge in [0, 0.05) is 0 Å². The van der Waals surface area contributed by atoms with Crippen LogP contribution in [0.5, 0.6) is 0 Å². The van der Waals surface area contributed by atoms with Gasteiger partial charge in [-0.15, -0.1) is 0 Å². The molecule has 0 nitrogen and oxygen atoms in total. The Bertz CT molecular complexity index is 194. The third-order valence-corrected chi connectivity index (χ3v) is 2.65. The van der Waals surface area contributed by atoms with Crippen molar-refractivity contribution in [3.8, 4) is 0 Å². The highest BCUT2D eigenvalue weighted by Gasteiger charge is 2.02. The molecule has 0 bridgehead atoms. The molecule has 0 fully saturated rings. The van der Waals surface area contributed by atoms with Gasteiger partial charge < -0.3 is 0 Å². The molecule has 14 heavy (non-hydrogen) atoms. The molecule has 0 amide bonds. The summed E-state index contributed by atoms with van der Waals surface area (Å²) in [6, 6.07) is 0. The average molecular weight is 194 g/mol. The van der Waals surface area contributed by atoms with E-state index in [4.69, 9.17) is 0 Å². The summed E-state index contributed by atoms with van der Waals surface area (Å²) in [6.45, 7) is 10.8. The van der Waals surface area contributed by atoms with Gasteiger partial charge in [0.2, 0.25) is 0 Å². The third kappa shape index (κ3) is 5.26. The van der Waals surface area contributed by atoms with Crippen LogP contribution in [0.3, 0.4) is 0 Å². The number of rotatable bonds is 2. The van der Waals surface area contributed by atoms with Crippen molar-refractivity contribution in [3.63, 3.8) is 0 Å². The minimum Gasteiger partial charge on any atom is -0.0813 e. The molecular weight excluding hydrogens is 168 g/mol. The van der Waals surface area contributed by atoms with Gasteiger partial charge in [-0.05, 0) is 38.5 Å². The Morgan fingerprint density at radius 3 is 2.36 bits per heavy atom. The summed E-state index contributed by atoms with van der Waals surface area (Å²) >= 11 is 0. The fourth-order valence-electron chi connectivity index (χ4n) is 1.45. The van der Waals surface area contributed by atoms with E-state index >= 15 is 0 Å². The minimum absolute atomic E-state index is 0.702. The molecule has 0 aromatic heterocycles. The largest absolute Gasteiger partial charge is 0.0813 e. The number of hydrogen-bond donors (Lipinski definition) is 0. The predicted octanol–water partition coefficient (Wildman–Crippen LogP) is 5.12. The average Bonchev–Trinajstić information content (AvgIpc) is 2.22. The Morgan fingerprint density at radius 1 is 1.29 bits per heavy atom. The van der Waals surface area contributed by atoms with E-state index in [0.29, 0.717) is 5.92 Å². The first-order valence-electron chi connectivity index (χ1n) is 6.07. The molecule has 1 aliphatic rings. The SMILES string of the molecule is C/C(=C/C1=CCCCC1)C(C)C.CC. The lowest BCUT2D eigenvalue weighted by molar-refractivity contribution is 0.705. The van der Waals surface area contributed by atoms with Crippen LogP contribution in [0.1, 0.15) is 60.3 Å². The molecule has 0 aromatic carbocycles. The van der Waals surface area contributed by atoms with E-state index in [2.05, 4.69) is 32.9 Å². The van der Waals surface area contributed by atoms with Crippen molar-refractivity contribution in [3.05, 3.63) is 23.3 Å². The second-order valence-corrected chi connectivity index (χ2v) is 4.07. The maximum atomic E-state index is 2.40. The molecule has 0 heteroatoms. The van der Waals surface area contributed by atoms with Crippen molar-refractivity contribution in [2.75, 3.05) is 0 Å². The maximum Gasteiger partial charge on any atom is -0.0260 e. The summed E-state index contributed by atoms with van der Waals surface area (Å²) in [5, 5.41) is 0.